The number of carbonyl (C=O) groups is 1. The molecule has 0 radical (unpaired) electrons. The topological polar surface area (TPSA) is 74.2 Å². The molecule has 3 aliphatic rings. The summed E-state index contributed by atoms with van der Waals surface area (Å²) >= 11 is 0. The Balaban J connectivity index is 1.31. The number of methoxy groups -OCH3 is 1. The molecule has 4 rings (SSSR count). The highest BCUT2D eigenvalue weighted by atomic mass is 16.7. The first kappa shape index (κ1) is 34.0. The normalized spacial score (nSPS) is 28.0. The molecular weight excluding hydrogens is 540 g/mol. The van der Waals surface area contributed by atoms with Crippen LogP contribution in [-0.4, -0.2) is 44.0 Å². The predicted octanol–water partition coefficient (Wildman–Crippen LogP) is 9.27. The maximum Gasteiger partial charge on any atom is 0.374 e. The number of aliphatic hydroxyl groups is 1. The van der Waals surface area contributed by atoms with Gasteiger partial charge in [-0.05, 0) is 137 Å². The fourth-order valence-electron chi connectivity index (χ4n) is 8.04. The van der Waals surface area contributed by atoms with Crippen molar-refractivity contribution >= 4 is 5.97 Å². The molecule has 1 aromatic carbocycles. The minimum atomic E-state index is -0.819. The van der Waals surface area contributed by atoms with Gasteiger partial charge >= 0.3 is 5.97 Å². The Morgan fingerprint density at radius 2 is 1.37 bits per heavy atom. The lowest BCUT2D eigenvalue weighted by atomic mass is 9.69. The number of carbonyl (C=O) groups excluding carboxylic acids is 1. The molecule has 0 aromatic heterocycles. The van der Waals surface area contributed by atoms with Gasteiger partial charge in [-0.1, -0.05) is 50.8 Å². The fourth-order valence-corrected chi connectivity index (χ4v) is 8.04. The molecule has 0 bridgehead atoms. The largest absolute Gasteiger partial charge is 0.502 e. The van der Waals surface area contributed by atoms with Gasteiger partial charge in [0.25, 0.3) is 0 Å². The number of unbranched alkanes of at least 4 members (excludes halogenated alkanes) is 4. The summed E-state index contributed by atoms with van der Waals surface area (Å²) in [6.45, 7) is 5.78. The van der Waals surface area contributed by atoms with Crippen molar-refractivity contribution in [1.82, 2.24) is 0 Å². The summed E-state index contributed by atoms with van der Waals surface area (Å²) in [7, 11) is 1.71. The molecule has 0 heterocycles. The van der Waals surface area contributed by atoms with Gasteiger partial charge in [0, 0.05) is 7.11 Å². The summed E-state index contributed by atoms with van der Waals surface area (Å²) in [5.74, 6) is 1.63. The van der Waals surface area contributed by atoms with Gasteiger partial charge in [-0.25, -0.2) is 4.79 Å². The van der Waals surface area contributed by atoms with Crippen LogP contribution in [0.15, 0.2) is 30.5 Å². The van der Waals surface area contributed by atoms with E-state index in [-0.39, 0.29) is 12.9 Å². The molecule has 1 N–H and O–H groups in total. The molecule has 3 aliphatic carbocycles. The van der Waals surface area contributed by atoms with Crippen molar-refractivity contribution in [3.8, 4) is 0 Å². The Morgan fingerprint density at radius 1 is 0.791 bits per heavy atom. The average Bonchev–Trinajstić information content (AvgIpc) is 3.04. The second-order valence-corrected chi connectivity index (χ2v) is 13.5. The third-order valence-electron chi connectivity index (χ3n) is 10.6. The first-order valence-electron chi connectivity index (χ1n) is 17.4. The van der Waals surface area contributed by atoms with Crippen molar-refractivity contribution in [3.63, 3.8) is 0 Å². The smallest absolute Gasteiger partial charge is 0.374 e. The highest BCUT2D eigenvalue weighted by Crippen LogP contribution is 2.45. The monoisotopic (exact) mass is 598 g/mol. The molecule has 6 nitrogen and oxygen atoms in total. The van der Waals surface area contributed by atoms with E-state index in [0.29, 0.717) is 24.7 Å². The molecule has 0 aliphatic heterocycles. The van der Waals surface area contributed by atoms with Crippen molar-refractivity contribution in [3.05, 3.63) is 47.2 Å². The van der Waals surface area contributed by atoms with Crippen LogP contribution in [0.2, 0.25) is 0 Å². The minimum Gasteiger partial charge on any atom is -0.502 e. The van der Waals surface area contributed by atoms with Crippen LogP contribution in [0.3, 0.4) is 0 Å². The molecule has 242 valence electrons. The third-order valence-corrected chi connectivity index (χ3v) is 10.6. The molecule has 0 amide bonds. The highest BCUT2D eigenvalue weighted by Gasteiger charge is 2.32. The van der Waals surface area contributed by atoms with Crippen molar-refractivity contribution in [1.29, 1.82) is 0 Å². The summed E-state index contributed by atoms with van der Waals surface area (Å²) in [4.78, 5) is 11.4. The van der Waals surface area contributed by atoms with Gasteiger partial charge < -0.3 is 24.1 Å². The van der Waals surface area contributed by atoms with E-state index in [2.05, 4.69) is 31.7 Å². The van der Waals surface area contributed by atoms with Crippen molar-refractivity contribution < 1.29 is 28.8 Å². The lowest BCUT2D eigenvalue weighted by molar-refractivity contribution is -0.160. The standard InChI is InChI=1S/C37H58O6/c1-4-5-6-7-8-9-33-24-32(30-16-21-35(22-17-30)42-26-43-37(39)27(2)38)18-23-36(33)31-12-10-28(11-13-31)29-14-19-34(20-15-29)41-25-40-3/h18,23-24,28-31,34-35,38H,2,4-17,19-22,25-26H2,1,3H3. The van der Waals surface area contributed by atoms with Crippen LogP contribution in [0, 0.1) is 11.8 Å². The zero-order chi connectivity index (χ0) is 30.4. The zero-order valence-electron chi connectivity index (χ0n) is 27.0. The van der Waals surface area contributed by atoms with Crippen LogP contribution in [0.25, 0.3) is 0 Å². The lowest BCUT2D eigenvalue weighted by Gasteiger charge is -2.38. The van der Waals surface area contributed by atoms with Crippen LogP contribution < -0.4 is 0 Å². The van der Waals surface area contributed by atoms with Gasteiger partial charge in [0.15, 0.2) is 12.6 Å². The van der Waals surface area contributed by atoms with Crippen molar-refractivity contribution in [2.75, 3.05) is 20.7 Å². The molecule has 3 saturated carbocycles. The number of esters is 1. The summed E-state index contributed by atoms with van der Waals surface area (Å²) in [6, 6.07) is 7.51. The summed E-state index contributed by atoms with van der Waals surface area (Å²) in [5, 5.41) is 9.10. The molecule has 0 spiro atoms. The van der Waals surface area contributed by atoms with Crippen molar-refractivity contribution in [2.24, 2.45) is 11.8 Å². The Bertz CT molecular complexity index is 967. The van der Waals surface area contributed by atoms with Gasteiger partial charge in [-0.3, -0.25) is 0 Å². The summed E-state index contributed by atoms with van der Waals surface area (Å²) in [6.07, 6.45) is 22.8. The second-order valence-electron chi connectivity index (χ2n) is 13.5. The SMILES string of the molecule is C=C(O)C(=O)OCOC1CCC(c2ccc(C3CCC(C4CCC(OCOC)CC4)CC3)c(CCCCCCC)c2)CC1. The van der Waals surface area contributed by atoms with E-state index in [9.17, 15) is 4.79 Å². The number of rotatable bonds is 16. The number of aliphatic hydroxyl groups excluding tert-OH is 1. The molecule has 43 heavy (non-hydrogen) atoms. The van der Waals surface area contributed by atoms with Crippen LogP contribution in [0.1, 0.15) is 145 Å². The van der Waals surface area contributed by atoms with Crippen LogP contribution >= 0.6 is 0 Å². The molecule has 0 atom stereocenters. The van der Waals surface area contributed by atoms with E-state index in [1.54, 1.807) is 18.2 Å². The maximum absolute atomic E-state index is 11.4. The Kier molecular flexibility index (Phi) is 14.4. The fraction of sp³-hybridized carbons (Fsp3) is 0.757. The number of ether oxygens (including phenoxy) is 4. The predicted molar refractivity (Wildman–Crippen MR) is 171 cm³/mol. The first-order valence-corrected chi connectivity index (χ1v) is 17.4. The van der Waals surface area contributed by atoms with E-state index in [0.717, 1.165) is 37.5 Å². The van der Waals surface area contributed by atoms with Gasteiger partial charge in [-0.2, -0.15) is 0 Å². The molecule has 1 aromatic rings. The van der Waals surface area contributed by atoms with E-state index < -0.39 is 11.7 Å². The Morgan fingerprint density at radius 3 is 2.00 bits per heavy atom. The van der Waals surface area contributed by atoms with E-state index in [1.807, 2.05) is 0 Å². The highest BCUT2D eigenvalue weighted by molar-refractivity contribution is 5.84. The number of hydrogen-bond acceptors (Lipinski definition) is 6. The molecule has 0 saturated heterocycles. The zero-order valence-corrected chi connectivity index (χ0v) is 27.0. The van der Waals surface area contributed by atoms with E-state index in [1.165, 1.54) is 95.5 Å². The molecular formula is C37H58O6. The van der Waals surface area contributed by atoms with Crippen LogP contribution in [0.5, 0.6) is 0 Å². The molecule has 3 fully saturated rings. The van der Waals surface area contributed by atoms with Crippen LogP contribution in [0.4, 0.5) is 0 Å². The third kappa shape index (κ3) is 10.6. The van der Waals surface area contributed by atoms with Gasteiger partial charge in [0.2, 0.25) is 0 Å². The van der Waals surface area contributed by atoms with Gasteiger partial charge in [0.05, 0.1) is 12.2 Å². The second kappa shape index (κ2) is 18.2. The lowest BCUT2D eigenvalue weighted by Crippen LogP contribution is -2.28. The maximum atomic E-state index is 11.4. The number of benzene rings is 1. The Labute approximate surface area is 260 Å². The summed E-state index contributed by atoms with van der Waals surface area (Å²) < 4.78 is 21.6. The number of aryl methyl sites for hydroxylation is 1. The van der Waals surface area contributed by atoms with Gasteiger partial charge in [-0.15, -0.1) is 0 Å². The Hall–Kier alpha value is -1.89. The van der Waals surface area contributed by atoms with E-state index >= 15 is 0 Å². The molecule has 0 unspecified atom stereocenters. The first-order chi connectivity index (χ1) is 21.0. The van der Waals surface area contributed by atoms with Crippen molar-refractivity contribution in [2.45, 2.75) is 147 Å². The average molecular weight is 599 g/mol. The van der Waals surface area contributed by atoms with Crippen LogP contribution in [-0.2, 0) is 30.2 Å². The summed E-state index contributed by atoms with van der Waals surface area (Å²) in [5.41, 5.74) is 4.75. The van der Waals surface area contributed by atoms with Gasteiger partial charge in [0.1, 0.15) is 6.79 Å². The quantitative estimate of drug-likeness (QED) is 0.0672. The molecule has 6 heteroatoms. The minimum absolute atomic E-state index is 0.0939. The number of hydrogen-bond donors (Lipinski definition) is 1. The van der Waals surface area contributed by atoms with E-state index in [4.69, 9.17) is 24.1 Å².